The molecule has 1 aromatic rings. The van der Waals surface area contributed by atoms with Crippen LogP contribution in [0.3, 0.4) is 0 Å². The van der Waals surface area contributed by atoms with E-state index in [1.54, 1.807) is 39.2 Å². The van der Waals surface area contributed by atoms with Crippen LogP contribution in [0, 0.1) is 11.8 Å². The fraction of sp³-hybridized carbons (Fsp3) is 0.438. The molecule has 0 aliphatic heterocycles. The molecule has 124 valence electrons. The van der Waals surface area contributed by atoms with Gasteiger partial charge in [0.25, 0.3) is 5.91 Å². The lowest BCUT2D eigenvalue weighted by molar-refractivity contribution is -0.139. The number of anilines is 1. The Morgan fingerprint density at radius 2 is 2.00 bits per heavy atom. The molecule has 1 saturated carbocycles. The van der Waals surface area contributed by atoms with Gasteiger partial charge in [-0.25, -0.2) is 0 Å². The van der Waals surface area contributed by atoms with E-state index in [2.05, 4.69) is 5.32 Å². The summed E-state index contributed by atoms with van der Waals surface area (Å²) in [5.74, 6) is -2.20. The molecule has 1 aliphatic rings. The van der Waals surface area contributed by atoms with Crippen molar-refractivity contribution in [3.05, 3.63) is 23.8 Å². The van der Waals surface area contributed by atoms with Crippen LogP contribution < -0.4 is 10.1 Å². The van der Waals surface area contributed by atoms with Gasteiger partial charge in [0.05, 0.1) is 24.1 Å². The number of hydrogen-bond donors (Lipinski definition) is 2. The number of rotatable bonds is 6. The Morgan fingerprint density at radius 1 is 1.30 bits per heavy atom. The van der Waals surface area contributed by atoms with Crippen molar-refractivity contribution in [2.75, 3.05) is 26.0 Å². The molecule has 7 nitrogen and oxygen atoms in total. The van der Waals surface area contributed by atoms with Crippen LogP contribution in [0.2, 0.25) is 0 Å². The summed E-state index contributed by atoms with van der Waals surface area (Å²) in [5, 5.41) is 11.6. The molecule has 2 rings (SSSR count). The molecule has 0 radical (unpaired) electrons. The van der Waals surface area contributed by atoms with E-state index < -0.39 is 17.8 Å². The average molecular weight is 320 g/mol. The maximum absolute atomic E-state index is 12.1. The number of carboxylic acid groups (broad SMARTS) is 1. The van der Waals surface area contributed by atoms with Crippen LogP contribution in [-0.2, 0) is 9.59 Å². The molecule has 0 heterocycles. The molecule has 1 fully saturated rings. The minimum absolute atomic E-state index is 0.169. The molecule has 23 heavy (non-hydrogen) atoms. The van der Waals surface area contributed by atoms with E-state index in [9.17, 15) is 14.4 Å². The minimum Gasteiger partial charge on any atom is -0.492 e. The highest BCUT2D eigenvalue weighted by Gasteiger charge is 2.48. The third-order valence-corrected chi connectivity index (χ3v) is 3.64. The summed E-state index contributed by atoms with van der Waals surface area (Å²) in [4.78, 5) is 36.3. The Hall–Kier alpha value is -2.57. The molecule has 0 spiro atoms. The van der Waals surface area contributed by atoms with Gasteiger partial charge in [-0.05, 0) is 31.5 Å². The minimum atomic E-state index is -0.956. The van der Waals surface area contributed by atoms with Crippen LogP contribution in [0.15, 0.2) is 18.2 Å². The summed E-state index contributed by atoms with van der Waals surface area (Å²) in [7, 11) is 3.30. The van der Waals surface area contributed by atoms with Crippen LogP contribution in [0.25, 0.3) is 0 Å². The Balaban J connectivity index is 2.16. The summed E-state index contributed by atoms with van der Waals surface area (Å²) >= 11 is 0. The Kier molecular flexibility index (Phi) is 4.88. The smallest absolute Gasteiger partial charge is 0.307 e. The van der Waals surface area contributed by atoms with E-state index in [4.69, 9.17) is 9.84 Å². The SMILES string of the molecule is CCOc1cc(C(=O)N(C)C)ccc1NC(=O)[C@@H]1C[C@H]1C(=O)O. The zero-order chi connectivity index (χ0) is 17.1. The van der Waals surface area contributed by atoms with Crippen LogP contribution in [0.4, 0.5) is 5.69 Å². The molecule has 7 heteroatoms. The van der Waals surface area contributed by atoms with Gasteiger partial charge in [-0.3, -0.25) is 14.4 Å². The monoisotopic (exact) mass is 320 g/mol. The van der Waals surface area contributed by atoms with Gasteiger partial charge < -0.3 is 20.1 Å². The molecular weight excluding hydrogens is 300 g/mol. The number of benzene rings is 1. The molecule has 2 atom stereocenters. The number of aliphatic carboxylic acids is 1. The summed E-state index contributed by atoms with van der Waals surface area (Å²) in [6.45, 7) is 2.18. The van der Waals surface area contributed by atoms with E-state index in [1.807, 2.05) is 0 Å². The summed E-state index contributed by atoms with van der Waals surface area (Å²) in [6, 6.07) is 4.77. The fourth-order valence-electron chi connectivity index (χ4n) is 2.27. The second kappa shape index (κ2) is 6.68. The van der Waals surface area contributed by atoms with E-state index in [0.717, 1.165) is 0 Å². The number of amides is 2. The van der Waals surface area contributed by atoms with Crippen molar-refractivity contribution in [2.45, 2.75) is 13.3 Å². The van der Waals surface area contributed by atoms with Gasteiger partial charge in [-0.15, -0.1) is 0 Å². The lowest BCUT2D eigenvalue weighted by atomic mass is 10.1. The standard InChI is InChI=1S/C16H20N2O5/c1-4-23-13-7-9(15(20)18(2)3)5-6-12(13)17-14(19)10-8-11(10)16(21)22/h5-7,10-11H,4,8H2,1-3H3,(H,17,19)(H,21,22)/t10-,11-/m1/s1. The summed E-state index contributed by atoms with van der Waals surface area (Å²) in [5.41, 5.74) is 0.884. The molecule has 0 bridgehead atoms. The highest BCUT2D eigenvalue weighted by molar-refractivity contribution is 6.00. The van der Waals surface area contributed by atoms with Gasteiger partial charge in [0.2, 0.25) is 5.91 Å². The van der Waals surface area contributed by atoms with E-state index in [1.165, 1.54) is 4.90 Å². The lowest BCUT2D eigenvalue weighted by Gasteiger charge is -2.15. The fourth-order valence-corrected chi connectivity index (χ4v) is 2.27. The topological polar surface area (TPSA) is 95.9 Å². The van der Waals surface area contributed by atoms with Crippen molar-refractivity contribution in [1.82, 2.24) is 4.90 Å². The predicted molar refractivity (Wildman–Crippen MR) is 83.5 cm³/mol. The largest absolute Gasteiger partial charge is 0.492 e. The molecule has 0 unspecified atom stereocenters. The number of carbonyl (C=O) groups is 3. The summed E-state index contributed by atoms with van der Waals surface area (Å²) in [6.07, 6.45) is 0.350. The first-order valence-electron chi connectivity index (χ1n) is 7.37. The van der Waals surface area contributed by atoms with Crippen molar-refractivity contribution in [2.24, 2.45) is 11.8 Å². The number of carbonyl (C=O) groups excluding carboxylic acids is 2. The Morgan fingerprint density at radius 3 is 2.52 bits per heavy atom. The van der Waals surface area contributed by atoms with Gasteiger partial charge >= 0.3 is 5.97 Å². The molecule has 2 N–H and O–H groups in total. The van der Waals surface area contributed by atoms with Crippen molar-refractivity contribution in [1.29, 1.82) is 0 Å². The van der Waals surface area contributed by atoms with E-state index in [0.29, 0.717) is 30.0 Å². The van der Waals surface area contributed by atoms with E-state index >= 15 is 0 Å². The van der Waals surface area contributed by atoms with Crippen LogP contribution in [0.5, 0.6) is 5.75 Å². The van der Waals surface area contributed by atoms with Crippen LogP contribution in [0.1, 0.15) is 23.7 Å². The first kappa shape index (κ1) is 16.8. The normalized spacial score (nSPS) is 18.9. The zero-order valence-corrected chi connectivity index (χ0v) is 13.3. The van der Waals surface area contributed by atoms with Crippen LogP contribution in [-0.4, -0.2) is 48.5 Å². The lowest BCUT2D eigenvalue weighted by Crippen LogP contribution is -2.22. The third kappa shape index (κ3) is 3.80. The Bertz CT molecular complexity index is 641. The van der Waals surface area contributed by atoms with Crippen LogP contribution >= 0.6 is 0 Å². The van der Waals surface area contributed by atoms with Gasteiger partial charge in [0.15, 0.2) is 0 Å². The van der Waals surface area contributed by atoms with Crippen molar-refractivity contribution in [3.63, 3.8) is 0 Å². The van der Waals surface area contributed by atoms with Gasteiger partial charge in [-0.1, -0.05) is 0 Å². The maximum Gasteiger partial charge on any atom is 0.307 e. The quantitative estimate of drug-likeness (QED) is 0.827. The second-order valence-electron chi connectivity index (χ2n) is 5.62. The van der Waals surface area contributed by atoms with Gasteiger partial charge in [0, 0.05) is 19.7 Å². The van der Waals surface area contributed by atoms with Crippen molar-refractivity contribution < 1.29 is 24.2 Å². The first-order valence-corrected chi connectivity index (χ1v) is 7.37. The number of nitrogens with one attached hydrogen (secondary N) is 1. The maximum atomic E-state index is 12.1. The average Bonchev–Trinajstić information content (AvgIpc) is 3.29. The molecule has 0 saturated heterocycles. The Labute approximate surface area is 134 Å². The molecule has 1 aromatic carbocycles. The molecular formula is C16H20N2O5. The predicted octanol–water partition coefficient (Wildman–Crippen LogP) is 1.45. The van der Waals surface area contributed by atoms with Gasteiger partial charge in [-0.2, -0.15) is 0 Å². The number of hydrogen-bond acceptors (Lipinski definition) is 4. The van der Waals surface area contributed by atoms with Gasteiger partial charge in [0.1, 0.15) is 5.75 Å². The number of carboxylic acids is 1. The highest BCUT2D eigenvalue weighted by atomic mass is 16.5. The molecule has 0 aromatic heterocycles. The molecule has 1 aliphatic carbocycles. The highest BCUT2D eigenvalue weighted by Crippen LogP contribution is 2.40. The van der Waals surface area contributed by atoms with E-state index in [-0.39, 0.29) is 11.8 Å². The zero-order valence-electron chi connectivity index (χ0n) is 13.3. The first-order chi connectivity index (χ1) is 10.8. The number of nitrogens with zero attached hydrogens (tertiary/aromatic N) is 1. The van der Waals surface area contributed by atoms with Crippen molar-refractivity contribution in [3.8, 4) is 5.75 Å². The number of ether oxygens (including phenoxy) is 1. The third-order valence-electron chi connectivity index (χ3n) is 3.64. The summed E-state index contributed by atoms with van der Waals surface area (Å²) < 4.78 is 5.48. The van der Waals surface area contributed by atoms with Crippen molar-refractivity contribution >= 4 is 23.5 Å². The second-order valence-corrected chi connectivity index (χ2v) is 5.62. The molecule has 2 amide bonds.